The molecule has 0 saturated carbocycles. The van der Waals surface area contributed by atoms with Crippen molar-refractivity contribution in [3.05, 3.63) is 0 Å². The van der Waals surface area contributed by atoms with Gasteiger partial charge in [-0.05, 0) is 48.0 Å². The second kappa shape index (κ2) is 8.40. The molecular formula is C17H33NO3. The normalized spacial score (nSPS) is 12.1. The molecule has 0 aromatic heterocycles. The molecule has 1 amide bonds. The number of hydrogen-bond acceptors (Lipinski definition) is 3. The van der Waals surface area contributed by atoms with E-state index in [1.807, 2.05) is 41.5 Å². The molecule has 0 atom stereocenters. The Balaban J connectivity index is 4.51. The van der Waals surface area contributed by atoms with Crippen LogP contribution in [0.15, 0.2) is 0 Å². The summed E-state index contributed by atoms with van der Waals surface area (Å²) in [5, 5.41) is 0. The van der Waals surface area contributed by atoms with E-state index in [1.165, 1.54) is 0 Å². The van der Waals surface area contributed by atoms with Gasteiger partial charge in [-0.2, -0.15) is 0 Å². The van der Waals surface area contributed by atoms with Crippen molar-refractivity contribution >= 4 is 11.9 Å². The van der Waals surface area contributed by atoms with Crippen LogP contribution in [-0.2, 0) is 14.3 Å². The van der Waals surface area contributed by atoms with E-state index in [2.05, 4.69) is 6.92 Å². The van der Waals surface area contributed by atoms with Gasteiger partial charge in [-0.15, -0.1) is 0 Å². The molecule has 4 heteroatoms. The summed E-state index contributed by atoms with van der Waals surface area (Å²) in [4.78, 5) is 25.9. The van der Waals surface area contributed by atoms with Crippen LogP contribution in [0.25, 0.3) is 0 Å². The topological polar surface area (TPSA) is 46.6 Å². The summed E-state index contributed by atoms with van der Waals surface area (Å²) >= 11 is 0. The minimum Gasteiger partial charge on any atom is -0.460 e. The lowest BCUT2D eigenvalue weighted by Gasteiger charge is -2.36. The van der Waals surface area contributed by atoms with Crippen molar-refractivity contribution in [2.45, 2.75) is 91.7 Å². The molecule has 4 nitrogen and oxygen atoms in total. The van der Waals surface area contributed by atoms with Crippen molar-refractivity contribution in [3.63, 3.8) is 0 Å². The van der Waals surface area contributed by atoms with Crippen LogP contribution in [0.3, 0.4) is 0 Å². The summed E-state index contributed by atoms with van der Waals surface area (Å²) in [6.07, 6.45) is 3.87. The summed E-state index contributed by atoms with van der Waals surface area (Å²) in [6, 6.07) is 0. The molecule has 0 aliphatic rings. The van der Waals surface area contributed by atoms with Gasteiger partial charge in [0, 0.05) is 18.5 Å². The molecule has 0 aliphatic heterocycles. The number of carbonyl (C=O) groups is 2. The molecule has 0 bridgehead atoms. The van der Waals surface area contributed by atoms with Crippen molar-refractivity contribution in [2.75, 3.05) is 6.54 Å². The number of rotatable bonds is 7. The van der Waals surface area contributed by atoms with Gasteiger partial charge in [0.25, 0.3) is 0 Å². The third-order valence-corrected chi connectivity index (χ3v) is 3.06. The third-order valence-electron chi connectivity index (χ3n) is 3.06. The maximum absolute atomic E-state index is 12.3. The number of nitrogens with zero attached hydrogens (tertiary/aromatic N) is 1. The zero-order valence-electron chi connectivity index (χ0n) is 14.9. The highest BCUT2D eigenvalue weighted by Crippen LogP contribution is 2.17. The fraction of sp³-hybridized carbons (Fsp3) is 0.882. The largest absolute Gasteiger partial charge is 0.460 e. The maximum atomic E-state index is 12.3. The Labute approximate surface area is 130 Å². The molecule has 0 rings (SSSR count). The summed E-state index contributed by atoms with van der Waals surface area (Å²) in [7, 11) is 0. The lowest BCUT2D eigenvalue weighted by Crippen LogP contribution is -2.46. The molecule has 0 spiro atoms. The van der Waals surface area contributed by atoms with Gasteiger partial charge in [-0.3, -0.25) is 9.59 Å². The molecule has 21 heavy (non-hydrogen) atoms. The summed E-state index contributed by atoms with van der Waals surface area (Å²) in [6.45, 7) is 14.1. The van der Waals surface area contributed by atoms with Gasteiger partial charge in [0.05, 0.1) is 6.42 Å². The van der Waals surface area contributed by atoms with Gasteiger partial charge in [-0.25, -0.2) is 0 Å². The van der Waals surface area contributed by atoms with E-state index >= 15 is 0 Å². The minimum absolute atomic E-state index is 0.125. The van der Waals surface area contributed by atoms with Gasteiger partial charge < -0.3 is 9.64 Å². The minimum atomic E-state index is -0.477. The Bertz CT molecular complexity index is 337. The fourth-order valence-corrected chi connectivity index (χ4v) is 2.09. The average Bonchev–Trinajstić information content (AvgIpc) is 2.25. The van der Waals surface area contributed by atoms with E-state index in [-0.39, 0.29) is 23.8 Å². The Kier molecular flexibility index (Phi) is 7.98. The molecule has 0 unspecified atom stereocenters. The predicted molar refractivity (Wildman–Crippen MR) is 86.1 cm³/mol. The molecule has 0 N–H and O–H groups in total. The van der Waals surface area contributed by atoms with Crippen LogP contribution in [0.2, 0.25) is 0 Å². The molecule has 0 aromatic carbocycles. The SMILES string of the molecule is CCCCCC(=O)N(CCC(=O)OC(C)(C)C)C(C)(C)C. The number of carbonyl (C=O) groups excluding carboxylic acids is 2. The fourth-order valence-electron chi connectivity index (χ4n) is 2.09. The third kappa shape index (κ3) is 9.48. The summed E-state index contributed by atoms with van der Waals surface area (Å²) < 4.78 is 5.30. The second-order valence-corrected chi connectivity index (χ2v) is 7.51. The highest BCUT2D eigenvalue weighted by atomic mass is 16.6. The molecule has 0 saturated heterocycles. The molecule has 0 fully saturated rings. The number of unbranched alkanes of at least 4 members (excludes halogenated alkanes) is 2. The predicted octanol–water partition coefficient (Wildman–Crippen LogP) is 3.93. The molecular weight excluding hydrogens is 266 g/mol. The van der Waals surface area contributed by atoms with Gasteiger partial charge in [0.2, 0.25) is 5.91 Å². The first-order valence-electron chi connectivity index (χ1n) is 7.99. The van der Waals surface area contributed by atoms with E-state index in [0.29, 0.717) is 13.0 Å². The van der Waals surface area contributed by atoms with E-state index in [9.17, 15) is 9.59 Å². The monoisotopic (exact) mass is 299 g/mol. The van der Waals surface area contributed by atoms with E-state index in [0.717, 1.165) is 19.3 Å². The average molecular weight is 299 g/mol. The van der Waals surface area contributed by atoms with Gasteiger partial charge >= 0.3 is 5.97 Å². The Hall–Kier alpha value is -1.06. The van der Waals surface area contributed by atoms with Gasteiger partial charge in [-0.1, -0.05) is 19.8 Å². The van der Waals surface area contributed by atoms with Crippen LogP contribution in [0.1, 0.15) is 80.6 Å². The Morgan fingerprint density at radius 1 is 0.952 bits per heavy atom. The second-order valence-electron chi connectivity index (χ2n) is 7.51. The first-order chi connectivity index (χ1) is 9.47. The number of ether oxygens (including phenoxy) is 1. The zero-order chi connectivity index (χ0) is 16.7. The highest BCUT2D eigenvalue weighted by Gasteiger charge is 2.27. The number of esters is 1. The lowest BCUT2D eigenvalue weighted by atomic mass is 10.0. The van der Waals surface area contributed by atoms with Crippen molar-refractivity contribution in [2.24, 2.45) is 0 Å². The molecule has 0 aliphatic carbocycles. The van der Waals surface area contributed by atoms with Crippen LogP contribution >= 0.6 is 0 Å². The van der Waals surface area contributed by atoms with Gasteiger partial charge in [0.15, 0.2) is 0 Å². The zero-order valence-corrected chi connectivity index (χ0v) is 14.9. The van der Waals surface area contributed by atoms with Crippen molar-refractivity contribution < 1.29 is 14.3 Å². The van der Waals surface area contributed by atoms with Gasteiger partial charge in [0.1, 0.15) is 5.60 Å². The van der Waals surface area contributed by atoms with E-state index in [1.54, 1.807) is 4.90 Å². The van der Waals surface area contributed by atoms with Crippen LogP contribution < -0.4 is 0 Å². The van der Waals surface area contributed by atoms with Crippen molar-refractivity contribution in [1.82, 2.24) is 4.90 Å². The first-order valence-corrected chi connectivity index (χ1v) is 7.99. The van der Waals surface area contributed by atoms with Crippen LogP contribution in [0.5, 0.6) is 0 Å². The van der Waals surface area contributed by atoms with Crippen molar-refractivity contribution in [1.29, 1.82) is 0 Å². The lowest BCUT2D eigenvalue weighted by molar-refractivity contribution is -0.155. The summed E-state index contributed by atoms with van der Waals surface area (Å²) in [5.74, 6) is -0.127. The van der Waals surface area contributed by atoms with Crippen LogP contribution in [0, 0.1) is 0 Å². The Morgan fingerprint density at radius 3 is 1.95 bits per heavy atom. The van der Waals surface area contributed by atoms with E-state index in [4.69, 9.17) is 4.74 Å². The molecule has 0 heterocycles. The van der Waals surface area contributed by atoms with E-state index < -0.39 is 5.60 Å². The molecule has 124 valence electrons. The highest BCUT2D eigenvalue weighted by molar-refractivity contribution is 5.78. The van der Waals surface area contributed by atoms with Crippen LogP contribution in [-0.4, -0.2) is 34.5 Å². The molecule has 0 radical (unpaired) electrons. The molecule has 0 aromatic rings. The van der Waals surface area contributed by atoms with Crippen molar-refractivity contribution in [3.8, 4) is 0 Å². The summed E-state index contributed by atoms with van der Waals surface area (Å²) in [5.41, 5.74) is -0.750. The Morgan fingerprint density at radius 2 is 1.52 bits per heavy atom. The standard InChI is InChI=1S/C17H33NO3/c1-8-9-10-11-14(19)18(16(2,3)4)13-12-15(20)21-17(5,6)7/h8-13H2,1-7H3. The van der Waals surface area contributed by atoms with Crippen LogP contribution in [0.4, 0.5) is 0 Å². The smallest absolute Gasteiger partial charge is 0.308 e. The number of amides is 1. The quantitative estimate of drug-likeness (QED) is 0.528. The maximum Gasteiger partial charge on any atom is 0.308 e. The first kappa shape index (κ1) is 19.9. The number of hydrogen-bond donors (Lipinski definition) is 0.